The van der Waals surface area contributed by atoms with E-state index in [-0.39, 0.29) is 0 Å². The predicted molar refractivity (Wildman–Crippen MR) is 75.4 cm³/mol. The van der Waals surface area contributed by atoms with Crippen LogP contribution >= 0.6 is 0 Å². The van der Waals surface area contributed by atoms with Crippen molar-refractivity contribution in [3.63, 3.8) is 0 Å². The van der Waals surface area contributed by atoms with Gasteiger partial charge in [0.2, 0.25) is 0 Å². The number of aromatic nitrogens is 2. The molecule has 0 bridgehead atoms. The first-order valence-corrected chi connectivity index (χ1v) is 7.36. The highest BCUT2D eigenvalue weighted by Gasteiger charge is 2.31. The Hall–Kier alpha value is -0.830. The highest BCUT2D eigenvalue weighted by molar-refractivity contribution is 4.99. The van der Waals surface area contributed by atoms with Crippen molar-refractivity contribution in [2.24, 2.45) is 5.41 Å². The molecule has 1 aromatic rings. The van der Waals surface area contributed by atoms with Crippen molar-refractivity contribution in [3.05, 3.63) is 18.2 Å². The third kappa shape index (κ3) is 3.14. The molecule has 1 aliphatic rings. The van der Waals surface area contributed by atoms with Crippen LogP contribution in [0.25, 0.3) is 0 Å². The van der Waals surface area contributed by atoms with Gasteiger partial charge in [-0.1, -0.05) is 33.6 Å². The first-order valence-electron chi connectivity index (χ1n) is 7.36. The van der Waals surface area contributed by atoms with Crippen LogP contribution in [0.15, 0.2) is 12.5 Å². The summed E-state index contributed by atoms with van der Waals surface area (Å²) in [4.78, 5) is 4.26. The van der Waals surface area contributed by atoms with Gasteiger partial charge < -0.3 is 9.88 Å². The summed E-state index contributed by atoms with van der Waals surface area (Å²) in [6.45, 7) is 9.03. The number of nitrogens with one attached hydrogen (secondary N) is 1. The zero-order chi connectivity index (χ0) is 13.0. The van der Waals surface area contributed by atoms with Gasteiger partial charge in [0.1, 0.15) is 0 Å². The lowest BCUT2D eigenvalue weighted by Gasteiger charge is -2.39. The molecular weight excluding hydrogens is 222 g/mol. The normalized spacial score (nSPS) is 23.2. The fourth-order valence-electron chi connectivity index (χ4n) is 3.04. The second kappa shape index (κ2) is 5.87. The Morgan fingerprint density at radius 2 is 2.28 bits per heavy atom. The molecule has 0 aromatic carbocycles. The third-order valence-corrected chi connectivity index (χ3v) is 4.30. The number of nitrogens with zero attached hydrogens (tertiary/aromatic N) is 2. The van der Waals surface area contributed by atoms with E-state index in [1.807, 2.05) is 12.5 Å². The van der Waals surface area contributed by atoms with Crippen LogP contribution in [-0.2, 0) is 13.1 Å². The smallest absolute Gasteiger partial charge is 0.0948 e. The second-order valence-electron chi connectivity index (χ2n) is 6.25. The number of hydrogen-bond acceptors (Lipinski definition) is 2. The Morgan fingerprint density at radius 1 is 1.44 bits per heavy atom. The van der Waals surface area contributed by atoms with E-state index in [4.69, 9.17) is 0 Å². The van der Waals surface area contributed by atoms with Crippen molar-refractivity contribution in [3.8, 4) is 0 Å². The van der Waals surface area contributed by atoms with Gasteiger partial charge >= 0.3 is 0 Å². The maximum Gasteiger partial charge on any atom is 0.0948 e. The molecule has 1 aromatic heterocycles. The van der Waals surface area contributed by atoms with Crippen LogP contribution in [0.3, 0.4) is 0 Å². The number of hydrogen-bond donors (Lipinski definition) is 1. The number of rotatable bonds is 5. The van der Waals surface area contributed by atoms with Crippen LogP contribution in [0.1, 0.15) is 58.6 Å². The van der Waals surface area contributed by atoms with Crippen molar-refractivity contribution in [1.29, 1.82) is 0 Å². The molecule has 1 saturated carbocycles. The molecule has 0 aliphatic heterocycles. The van der Waals surface area contributed by atoms with Gasteiger partial charge in [0.25, 0.3) is 0 Å². The maximum atomic E-state index is 4.26. The van der Waals surface area contributed by atoms with E-state index in [0.29, 0.717) is 11.5 Å². The molecule has 1 heterocycles. The average molecular weight is 249 g/mol. The van der Waals surface area contributed by atoms with Crippen molar-refractivity contribution in [1.82, 2.24) is 14.9 Å². The lowest BCUT2D eigenvalue weighted by Crippen LogP contribution is -2.43. The summed E-state index contributed by atoms with van der Waals surface area (Å²) in [6.07, 6.45) is 10.5. The van der Waals surface area contributed by atoms with Gasteiger partial charge in [-0.3, -0.25) is 0 Å². The van der Waals surface area contributed by atoms with Crippen molar-refractivity contribution in [2.45, 2.75) is 72.0 Å². The Kier molecular flexibility index (Phi) is 4.44. The molecule has 0 amide bonds. The molecule has 1 fully saturated rings. The monoisotopic (exact) mass is 249 g/mol. The topological polar surface area (TPSA) is 29.9 Å². The highest BCUT2D eigenvalue weighted by Crippen LogP contribution is 2.35. The lowest BCUT2D eigenvalue weighted by atomic mass is 9.73. The molecule has 1 unspecified atom stereocenters. The Bertz CT molecular complexity index is 368. The quantitative estimate of drug-likeness (QED) is 0.867. The molecular formula is C15H27N3. The van der Waals surface area contributed by atoms with Crippen LogP contribution in [0.2, 0.25) is 0 Å². The van der Waals surface area contributed by atoms with Crippen LogP contribution in [0, 0.1) is 5.41 Å². The molecule has 1 atom stereocenters. The second-order valence-corrected chi connectivity index (χ2v) is 6.25. The van der Waals surface area contributed by atoms with Crippen molar-refractivity contribution < 1.29 is 0 Å². The van der Waals surface area contributed by atoms with Gasteiger partial charge in [0, 0.05) is 25.3 Å². The fraction of sp³-hybridized carbons (Fsp3) is 0.800. The zero-order valence-corrected chi connectivity index (χ0v) is 12.1. The van der Waals surface area contributed by atoms with E-state index in [1.54, 1.807) is 0 Å². The predicted octanol–water partition coefficient (Wildman–Crippen LogP) is 3.35. The van der Waals surface area contributed by atoms with E-state index >= 15 is 0 Å². The molecule has 3 nitrogen and oxygen atoms in total. The molecule has 18 heavy (non-hydrogen) atoms. The summed E-state index contributed by atoms with van der Waals surface area (Å²) in [5.41, 5.74) is 1.76. The first kappa shape index (κ1) is 13.6. The zero-order valence-electron chi connectivity index (χ0n) is 12.1. The Labute approximate surface area is 111 Å². The molecule has 0 saturated heterocycles. The van der Waals surface area contributed by atoms with Gasteiger partial charge in [-0.15, -0.1) is 0 Å². The Balaban J connectivity index is 1.92. The molecule has 102 valence electrons. The van der Waals surface area contributed by atoms with Crippen LogP contribution in [0.5, 0.6) is 0 Å². The van der Waals surface area contributed by atoms with Gasteiger partial charge in [-0.2, -0.15) is 0 Å². The standard InChI is InChI=1S/C15H27N3/c1-4-9-18-12-16-10-13(18)11-17-14-7-5-6-8-15(14,2)3/h10,12,14,17H,4-9,11H2,1-3H3. The van der Waals surface area contributed by atoms with E-state index in [0.717, 1.165) is 19.5 Å². The molecule has 3 heteroatoms. The number of aryl methyl sites for hydroxylation is 1. The largest absolute Gasteiger partial charge is 0.333 e. The van der Waals surface area contributed by atoms with Gasteiger partial charge in [-0.25, -0.2) is 4.98 Å². The molecule has 2 rings (SSSR count). The van der Waals surface area contributed by atoms with Gasteiger partial charge in [0.15, 0.2) is 0 Å². The van der Waals surface area contributed by atoms with E-state index in [2.05, 4.69) is 35.6 Å². The van der Waals surface area contributed by atoms with Crippen molar-refractivity contribution in [2.75, 3.05) is 0 Å². The summed E-state index contributed by atoms with van der Waals surface area (Å²) in [5.74, 6) is 0. The minimum Gasteiger partial charge on any atom is -0.333 e. The summed E-state index contributed by atoms with van der Waals surface area (Å²) >= 11 is 0. The minimum absolute atomic E-state index is 0.438. The first-order chi connectivity index (χ1) is 8.63. The average Bonchev–Trinajstić information content (AvgIpc) is 2.75. The molecule has 1 N–H and O–H groups in total. The van der Waals surface area contributed by atoms with Crippen LogP contribution in [0.4, 0.5) is 0 Å². The summed E-state index contributed by atoms with van der Waals surface area (Å²) in [6, 6.07) is 0.649. The summed E-state index contributed by atoms with van der Waals surface area (Å²) in [5, 5.41) is 3.75. The van der Waals surface area contributed by atoms with Crippen molar-refractivity contribution >= 4 is 0 Å². The number of imidazole rings is 1. The molecule has 0 radical (unpaired) electrons. The van der Waals surface area contributed by atoms with E-state index < -0.39 is 0 Å². The highest BCUT2D eigenvalue weighted by atomic mass is 15.1. The third-order valence-electron chi connectivity index (χ3n) is 4.30. The van der Waals surface area contributed by atoms with Gasteiger partial charge in [0.05, 0.1) is 12.0 Å². The maximum absolute atomic E-state index is 4.26. The summed E-state index contributed by atoms with van der Waals surface area (Å²) < 4.78 is 2.27. The van der Waals surface area contributed by atoms with Crippen LogP contribution in [-0.4, -0.2) is 15.6 Å². The lowest BCUT2D eigenvalue weighted by molar-refractivity contribution is 0.166. The Morgan fingerprint density at radius 3 is 3.00 bits per heavy atom. The summed E-state index contributed by atoms with van der Waals surface area (Å²) in [7, 11) is 0. The fourth-order valence-corrected chi connectivity index (χ4v) is 3.04. The molecule has 0 spiro atoms. The van der Waals surface area contributed by atoms with Crippen LogP contribution < -0.4 is 5.32 Å². The SMILES string of the molecule is CCCn1cncc1CNC1CCCCC1(C)C. The molecule has 1 aliphatic carbocycles. The van der Waals surface area contributed by atoms with E-state index in [9.17, 15) is 0 Å². The van der Waals surface area contributed by atoms with E-state index in [1.165, 1.54) is 31.4 Å². The minimum atomic E-state index is 0.438. The van der Waals surface area contributed by atoms with Gasteiger partial charge in [-0.05, 0) is 24.7 Å².